The Labute approximate surface area is 190 Å². The smallest absolute Gasteiger partial charge is 0.308 e. The quantitative estimate of drug-likeness (QED) is 0.504. The van der Waals surface area contributed by atoms with E-state index in [0.717, 1.165) is 36.8 Å². The van der Waals surface area contributed by atoms with Crippen LogP contribution in [0.3, 0.4) is 0 Å². The molecule has 0 radical (unpaired) electrons. The van der Waals surface area contributed by atoms with Crippen molar-refractivity contribution in [2.24, 2.45) is 11.8 Å². The Kier molecular flexibility index (Phi) is 8.14. The number of ether oxygens (including phenoxy) is 1. The van der Waals surface area contributed by atoms with E-state index in [9.17, 15) is 13.2 Å². The van der Waals surface area contributed by atoms with Gasteiger partial charge in [-0.3, -0.25) is 4.79 Å². The standard InChI is InChI=1S/C24H30ClNO4S/c1-3-30-24(27)20-13-11-19(12-14-20)16-26(17-21-8-5-4-7-18(21)2)31(28,29)23-10-6-9-22(25)15-23/h4-10,15,19-20H,3,11-14,16-17H2,1-2H3. The van der Waals surface area contributed by atoms with Crippen molar-refractivity contribution in [1.82, 2.24) is 4.31 Å². The summed E-state index contributed by atoms with van der Waals surface area (Å²) in [5.41, 5.74) is 2.04. The fourth-order valence-corrected chi connectivity index (χ4v) is 5.93. The maximum absolute atomic E-state index is 13.5. The number of carbonyl (C=O) groups excluding carboxylic acids is 1. The lowest BCUT2D eigenvalue weighted by molar-refractivity contribution is -0.149. The van der Waals surface area contributed by atoms with Gasteiger partial charge in [-0.15, -0.1) is 0 Å². The maximum Gasteiger partial charge on any atom is 0.308 e. The van der Waals surface area contributed by atoms with Crippen molar-refractivity contribution in [3.05, 3.63) is 64.7 Å². The number of hydrogen-bond donors (Lipinski definition) is 0. The van der Waals surface area contributed by atoms with Crippen LogP contribution in [0, 0.1) is 18.8 Å². The molecule has 0 atom stereocenters. The number of sulfonamides is 1. The van der Waals surface area contributed by atoms with E-state index in [0.29, 0.717) is 24.7 Å². The van der Waals surface area contributed by atoms with Gasteiger partial charge < -0.3 is 4.74 Å². The molecular weight excluding hydrogens is 434 g/mol. The molecule has 0 bridgehead atoms. The molecule has 0 saturated heterocycles. The van der Waals surface area contributed by atoms with Gasteiger partial charge in [-0.25, -0.2) is 8.42 Å². The van der Waals surface area contributed by atoms with E-state index in [1.165, 1.54) is 6.07 Å². The SMILES string of the molecule is CCOC(=O)C1CCC(CN(Cc2ccccc2C)S(=O)(=O)c2cccc(Cl)c2)CC1. The second-order valence-corrected chi connectivity index (χ2v) is 10.5. The molecule has 3 rings (SSSR count). The number of nitrogens with zero attached hydrogens (tertiary/aromatic N) is 1. The van der Waals surface area contributed by atoms with Crippen molar-refractivity contribution < 1.29 is 17.9 Å². The first kappa shape index (κ1) is 23.8. The van der Waals surface area contributed by atoms with Gasteiger partial charge in [0.05, 0.1) is 17.4 Å². The average molecular weight is 464 g/mol. The van der Waals surface area contributed by atoms with E-state index in [2.05, 4.69) is 0 Å². The first-order valence-corrected chi connectivity index (χ1v) is 12.6. The summed E-state index contributed by atoms with van der Waals surface area (Å²) in [6.07, 6.45) is 3.08. The molecule has 1 aliphatic carbocycles. The molecule has 2 aromatic rings. The Morgan fingerprint density at radius 1 is 1.10 bits per heavy atom. The van der Waals surface area contributed by atoms with Crippen LogP contribution in [0.5, 0.6) is 0 Å². The zero-order valence-electron chi connectivity index (χ0n) is 18.1. The second kappa shape index (κ2) is 10.6. The number of hydrogen-bond acceptors (Lipinski definition) is 4. The van der Waals surface area contributed by atoms with E-state index in [4.69, 9.17) is 16.3 Å². The van der Waals surface area contributed by atoms with Crippen LogP contribution in [0.25, 0.3) is 0 Å². The molecule has 0 aliphatic heterocycles. The van der Waals surface area contributed by atoms with E-state index in [1.807, 2.05) is 38.1 Å². The van der Waals surface area contributed by atoms with Gasteiger partial charge in [0, 0.05) is 18.1 Å². The number of aryl methyl sites for hydroxylation is 1. The van der Waals surface area contributed by atoms with Crippen LogP contribution < -0.4 is 0 Å². The average Bonchev–Trinajstić information content (AvgIpc) is 2.75. The van der Waals surface area contributed by atoms with Gasteiger partial charge in [-0.1, -0.05) is 41.9 Å². The summed E-state index contributed by atoms with van der Waals surface area (Å²) in [5, 5.41) is 0.395. The van der Waals surface area contributed by atoms with Crippen molar-refractivity contribution in [3.63, 3.8) is 0 Å². The number of halogens is 1. The third kappa shape index (κ3) is 6.09. The molecule has 0 unspecified atom stereocenters. The normalized spacial score (nSPS) is 19.4. The molecule has 0 aromatic heterocycles. The molecular formula is C24H30ClNO4S. The zero-order valence-corrected chi connectivity index (χ0v) is 19.7. The largest absolute Gasteiger partial charge is 0.466 e. The van der Waals surface area contributed by atoms with Gasteiger partial charge in [0.1, 0.15) is 0 Å². The zero-order chi connectivity index (χ0) is 22.4. The van der Waals surface area contributed by atoms with Gasteiger partial charge in [0.25, 0.3) is 0 Å². The van der Waals surface area contributed by atoms with Crippen LogP contribution in [0.4, 0.5) is 0 Å². The van der Waals surface area contributed by atoms with E-state index in [-0.39, 0.29) is 22.7 Å². The molecule has 1 fully saturated rings. The highest BCUT2D eigenvalue weighted by Crippen LogP contribution is 2.32. The lowest BCUT2D eigenvalue weighted by Gasteiger charge is -2.32. The molecule has 7 heteroatoms. The summed E-state index contributed by atoms with van der Waals surface area (Å²) in [5.74, 6) is -0.0153. The van der Waals surface area contributed by atoms with Crippen LogP contribution in [-0.4, -0.2) is 31.8 Å². The predicted octanol–water partition coefficient (Wildman–Crippen LogP) is 5.21. The Morgan fingerprint density at radius 3 is 2.45 bits per heavy atom. The van der Waals surface area contributed by atoms with E-state index < -0.39 is 10.0 Å². The molecule has 0 amide bonds. The highest BCUT2D eigenvalue weighted by molar-refractivity contribution is 7.89. The first-order valence-electron chi connectivity index (χ1n) is 10.8. The number of esters is 1. The summed E-state index contributed by atoms with van der Waals surface area (Å²) in [6, 6.07) is 14.2. The fourth-order valence-electron chi connectivity index (χ4n) is 4.13. The van der Waals surface area contributed by atoms with Crippen molar-refractivity contribution in [2.45, 2.75) is 51.0 Å². The maximum atomic E-state index is 13.5. The Hall–Kier alpha value is -1.89. The molecule has 0 heterocycles. The van der Waals surface area contributed by atoms with Crippen LogP contribution in [-0.2, 0) is 26.1 Å². The number of carbonyl (C=O) groups is 1. The molecule has 0 N–H and O–H groups in total. The molecule has 1 aliphatic rings. The fraction of sp³-hybridized carbons (Fsp3) is 0.458. The predicted molar refractivity (Wildman–Crippen MR) is 122 cm³/mol. The van der Waals surface area contributed by atoms with E-state index in [1.54, 1.807) is 22.5 Å². The molecule has 0 spiro atoms. The van der Waals surface area contributed by atoms with Gasteiger partial charge in [-0.05, 0) is 74.8 Å². The van der Waals surface area contributed by atoms with Crippen molar-refractivity contribution >= 4 is 27.6 Å². The molecule has 31 heavy (non-hydrogen) atoms. The molecule has 168 valence electrons. The minimum atomic E-state index is -3.72. The van der Waals surface area contributed by atoms with Crippen LogP contribution in [0.15, 0.2) is 53.4 Å². The molecule has 1 saturated carbocycles. The van der Waals surface area contributed by atoms with Gasteiger partial charge in [0.15, 0.2) is 0 Å². The summed E-state index contributed by atoms with van der Waals surface area (Å²) in [7, 11) is -3.72. The highest BCUT2D eigenvalue weighted by atomic mass is 35.5. The topological polar surface area (TPSA) is 63.7 Å². The van der Waals surface area contributed by atoms with Crippen molar-refractivity contribution in [1.29, 1.82) is 0 Å². The van der Waals surface area contributed by atoms with Crippen LogP contribution >= 0.6 is 11.6 Å². The molecule has 2 aromatic carbocycles. The summed E-state index contributed by atoms with van der Waals surface area (Å²) < 4.78 is 33.8. The van der Waals surface area contributed by atoms with Crippen LogP contribution in [0.2, 0.25) is 5.02 Å². The third-order valence-electron chi connectivity index (χ3n) is 5.97. The first-order chi connectivity index (χ1) is 14.8. The van der Waals surface area contributed by atoms with E-state index >= 15 is 0 Å². The Morgan fingerprint density at radius 2 is 1.81 bits per heavy atom. The Balaban J connectivity index is 1.80. The lowest BCUT2D eigenvalue weighted by Crippen LogP contribution is -2.37. The second-order valence-electron chi connectivity index (χ2n) is 8.15. The molecule has 5 nitrogen and oxygen atoms in total. The van der Waals surface area contributed by atoms with Crippen molar-refractivity contribution in [3.8, 4) is 0 Å². The lowest BCUT2D eigenvalue weighted by atomic mass is 9.82. The minimum absolute atomic E-state index is 0.0782. The van der Waals surface area contributed by atoms with Gasteiger partial charge >= 0.3 is 5.97 Å². The number of rotatable bonds is 8. The Bertz CT molecular complexity index is 1000. The monoisotopic (exact) mass is 463 g/mol. The highest BCUT2D eigenvalue weighted by Gasteiger charge is 2.32. The summed E-state index contributed by atoms with van der Waals surface area (Å²) in [6.45, 7) is 4.91. The third-order valence-corrected chi connectivity index (χ3v) is 8.01. The minimum Gasteiger partial charge on any atom is -0.466 e. The van der Waals surface area contributed by atoms with Crippen molar-refractivity contribution in [2.75, 3.05) is 13.2 Å². The van der Waals surface area contributed by atoms with Crippen LogP contribution in [0.1, 0.15) is 43.7 Å². The van der Waals surface area contributed by atoms with Gasteiger partial charge in [-0.2, -0.15) is 4.31 Å². The summed E-state index contributed by atoms with van der Waals surface area (Å²) >= 11 is 6.08. The van der Waals surface area contributed by atoms with Gasteiger partial charge in [0.2, 0.25) is 10.0 Å². The number of benzene rings is 2. The summed E-state index contributed by atoms with van der Waals surface area (Å²) in [4.78, 5) is 12.2.